The first-order valence-corrected chi connectivity index (χ1v) is 17.3. The predicted molar refractivity (Wildman–Crippen MR) is 152 cm³/mol. The molecule has 0 bridgehead atoms. The Morgan fingerprint density at radius 2 is 1.31 bits per heavy atom. The van der Waals surface area contributed by atoms with Gasteiger partial charge in [-0.25, -0.2) is 0 Å². The van der Waals surface area contributed by atoms with E-state index in [9.17, 15) is 9.90 Å². The Morgan fingerprint density at radius 3 is 1.80 bits per heavy atom. The van der Waals surface area contributed by atoms with E-state index >= 15 is 0 Å². The number of aliphatic hydroxyl groups excluding tert-OH is 1. The van der Waals surface area contributed by atoms with E-state index in [2.05, 4.69) is 31.2 Å². The monoisotopic (exact) mass is 499 g/mol. The molecular formula is C32H52O2P+. The summed E-state index contributed by atoms with van der Waals surface area (Å²) < 4.78 is 0. The third-order valence-electron chi connectivity index (χ3n) is 10.4. The topological polar surface area (TPSA) is 37.3 Å². The number of aliphatic hydroxyl groups is 1. The zero-order valence-electron chi connectivity index (χ0n) is 22.5. The maximum atomic E-state index is 11.1. The number of aldehydes is 1. The highest BCUT2D eigenvalue weighted by atomic mass is 31.2. The molecule has 3 unspecified atom stereocenters. The lowest BCUT2D eigenvalue weighted by Gasteiger charge is -2.49. The van der Waals surface area contributed by atoms with Crippen LogP contribution in [0.25, 0.3) is 0 Å². The molecule has 1 aromatic carbocycles. The van der Waals surface area contributed by atoms with Crippen LogP contribution in [0.4, 0.5) is 0 Å². The van der Waals surface area contributed by atoms with Crippen LogP contribution in [0, 0.1) is 5.92 Å². The summed E-state index contributed by atoms with van der Waals surface area (Å²) in [6, 6.07) is 10.3. The minimum absolute atomic E-state index is 0.349. The van der Waals surface area contributed by atoms with Crippen LogP contribution >= 0.6 is 7.26 Å². The largest absolute Gasteiger partial charge is 0.388 e. The summed E-state index contributed by atoms with van der Waals surface area (Å²) in [5.74, 6) is 0.704. The predicted octanol–water partition coefficient (Wildman–Crippen LogP) is 9.11. The Balaban J connectivity index is 1.60. The smallest absolute Gasteiger partial charge is 0.119 e. The Kier molecular flexibility index (Phi) is 10.7. The molecule has 0 amide bonds. The molecule has 3 aliphatic rings. The molecule has 0 heterocycles. The maximum absolute atomic E-state index is 11.1. The first-order chi connectivity index (χ1) is 17.2. The van der Waals surface area contributed by atoms with Gasteiger partial charge in [0.1, 0.15) is 6.29 Å². The summed E-state index contributed by atoms with van der Waals surface area (Å²) in [5.41, 5.74) is 4.99. The lowest BCUT2D eigenvalue weighted by Crippen LogP contribution is -2.39. The Morgan fingerprint density at radius 1 is 0.800 bits per heavy atom. The SMILES string of the molecule is CC(C(CCCCC=O)CCC(O)c1ccccc1)[P+](C1CCCC1)(C1CCCC1)C1CCCC1. The quantitative estimate of drug-likeness (QED) is 0.157. The minimum Gasteiger partial charge on any atom is -0.388 e. The van der Waals surface area contributed by atoms with Crippen LogP contribution in [-0.2, 0) is 4.79 Å². The van der Waals surface area contributed by atoms with Crippen molar-refractivity contribution >= 4 is 13.5 Å². The van der Waals surface area contributed by atoms with Crippen molar-refractivity contribution in [3.8, 4) is 0 Å². The molecule has 2 nitrogen and oxygen atoms in total. The molecule has 1 aromatic rings. The Labute approximate surface area is 216 Å². The lowest BCUT2D eigenvalue weighted by atomic mass is 9.91. The summed E-state index contributed by atoms with van der Waals surface area (Å²) in [6.07, 6.45) is 24.8. The van der Waals surface area contributed by atoms with Crippen molar-refractivity contribution in [3.63, 3.8) is 0 Å². The molecule has 3 saturated carbocycles. The van der Waals surface area contributed by atoms with Gasteiger partial charge in [-0.15, -0.1) is 0 Å². The number of unbranched alkanes of at least 4 members (excludes halogenated alkanes) is 2. The van der Waals surface area contributed by atoms with Gasteiger partial charge >= 0.3 is 0 Å². The van der Waals surface area contributed by atoms with Crippen LogP contribution in [0.1, 0.15) is 134 Å². The van der Waals surface area contributed by atoms with Crippen LogP contribution in [0.5, 0.6) is 0 Å². The van der Waals surface area contributed by atoms with Gasteiger partial charge in [-0.3, -0.25) is 0 Å². The third-order valence-corrected chi connectivity index (χ3v) is 17.6. The zero-order valence-corrected chi connectivity index (χ0v) is 23.4. The Bertz CT molecular complexity index is 690. The normalized spacial score (nSPS) is 23.0. The van der Waals surface area contributed by atoms with Gasteiger partial charge in [0.05, 0.1) is 28.7 Å². The molecule has 0 saturated heterocycles. The first-order valence-electron chi connectivity index (χ1n) is 15.2. The molecule has 1 N–H and O–H groups in total. The molecule has 3 fully saturated rings. The molecule has 196 valence electrons. The fourth-order valence-electron chi connectivity index (χ4n) is 8.79. The average Bonchev–Trinajstić information content (AvgIpc) is 3.69. The molecular weight excluding hydrogens is 447 g/mol. The molecule has 3 atom stereocenters. The number of carbonyl (C=O) groups is 1. The van der Waals surface area contributed by atoms with Crippen molar-refractivity contribution in [2.75, 3.05) is 0 Å². The van der Waals surface area contributed by atoms with Gasteiger partial charge in [-0.05, 0) is 121 Å². The molecule has 3 heteroatoms. The van der Waals surface area contributed by atoms with Crippen LogP contribution < -0.4 is 0 Å². The maximum Gasteiger partial charge on any atom is 0.119 e. The van der Waals surface area contributed by atoms with Crippen LogP contribution in [0.15, 0.2) is 30.3 Å². The number of rotatable bonds is 14. The second kappa shape index (κ2) is 13.7. The van der Waals surface area contributed by atoms with E-state index < -0.39 is 7.26 Å². The van der Waals surface area contributed by atoms with Crippen molar-refractivity contribution in [2.45, 2.75) is 151 Å². The highest BCUT2D eigenvalue weighted by Gasteiger charge is 2.62. The number of hydrogen-bond donors (Lipinski definition) is 1. The number of hydrogen-bond acceptors (Lipinski definition) is 2. The molecule has 0 spiro atoms. The zero-order chi connectivity index (χ0) is 24.5. The Hall–Kier alpha value is -0.720. The standard InChI is InChI=1S/C32H52O2P/c1-26(27(14-6-3-13-25-33)23-24-32(34)28-15-4-2-5-16-28)35(29-17-7-8-18-29,30-19-9-10-20-30)31-21-11-12-22-31/h2,4-5,15-16,25-27,29-32,34H,3,6-14,17-24H2,1H3/q+1. The average molecular weight is 500 g/mol. The highest BCUT2D eigenvalue weighted by Crippen LogP contribution is 2.82. The van der Waals surface area contributed by atoms with Gasteiger partial charge in [-0.2, -0.15) is 0 Å². The summed E-state index contributed by atoms with van der Waals surface area (Å²) in [6.45, 7) is 2.71. The van der Waals surface area contributed by atoms with Gasteiger partial charge in [0, 0.05) is 13.7 Å². The fourth-order valence-corrected chi connectivity index (χ4v) is 17.4. The van der Waals surface area contributed by atoms with Crippen LogP contribution in [0.3, 0.4) is 0 Å². The molecule has 3 aliphatic carbocycles. The van der Waals surface area contributed by atoms with Crippen molar-refractivity contribution in [1.29, 1.82) is 0 Å². The van der Waals surface area contributed by atoms with E-state index in [0.717, 1.165) is 53.7 Å². The minimum atomic E-state index is -1.12. The van der Waals surface area contributed by atoms with E-state index in [4.69, 9.17) is 0 Å². The van der Waals surface area contributed by atoms with Crippen LogP contribution in [-0.4, -0.2) is 34.0 Å². The second-order valence-electron chi connectivity index (χ2n) is 12.2. The highest BCUT2D eigenvalue weighted by molar-refractivity contribution is 7.78. The summed E-state index contributed by atoms with van der Waals surface area (Å²) >= 11 is 0. The van der Waals surface area contributed by atoms with E-state index in [-0.39, 0.29) is 6.10 Å². The van der Waals surface area contributed by atoms with Gasteiger partial charge in [0.25, 0.3) is 0 Å². The van der Waals surface area contributed by atoms with Crippen molar-refractivity contribution in [1.82, 2.24) is 0 Å². The lowest BCUT2D eigenvalue weighted by molar-refractivity contribution is -0.107. The summed E-state index contributed by atoms with van der Waals surface area (Å²) in [4.78, 5) is 11.0. The number of carbonyl (C=O) groups excluding carboxylic acids is 1. The molecule has 0 aromatic heterocycles. The summed E-state index contributed by atoms with van der Waals surface area (Å²) in [5, 5.41) is 11.1. The summed E-state index contributed by atoms with van der Waals surface area (Å²) in [7, 11) is -1.12. The van der Waals surface area contributed by atoms with E-state index in [1.165, 1.54) is 89.9 Å². The second-order valence-corrected chi connectivity index (χ2v) is 17.0. The first kappa shape index (κ1) is 27.3. The van der Waals surface area contributed by atoms with Gasteiger partial charge in [-0.1, -0.05) is 36.8 Å². The van der Waals surface area contributed by atoms with Gasteiger partial charge in [0.15, 0.2) is 0 Å². The van der Waals surface area contributed by atoms with Gasteiger partial charge in [0.2, 0.25) is 0 Å². The molecule has 4 rings (SSSR count). The van der Waals surface area contributed by atoms with Crippen molar-refractivity contribution in [3.05, 3.63) is 35.9 Å². The van der Waals surface area contributed by atoms with Crippen LogP contribution in [0.2, 0.25) is 0 Å². The van der Waals surface area contributed by atoms with Crippen molar-refractivity contribution < 1.29 is 9.90 Å². The number of benzene rings is 1. The van der Waals surface area contributed by atoms with Crippen molar-refractivity contribution in [2.24, 2.45) is 5.92 Å². The third kappa shape index (κ3) is 6.41. The molecule has 0 aliphatic heterocycles. The van der Waals surface area contributed by atoms with Gasteiger partial charge < -0.3 is 9.90 Å². The van der Waals surface area contributed by atoms with E-state index in [1.54, 1.807) is 0 Å². The van der Waals surface area contributed by atoms with E-state index in [0.29, 0.717) is 12.3 Å². The fraction of sp³-hybridized carbons (Fsp3) is 0.781. The molecule has 35 heavy (non-hydrogen) atoms. The van der Waals surface area contributed by atoms with E-state index in [1.807, 2.05) is 6.07 Å². The molecule has 0 radical (unpaired) electrons.